The van der Waals surface area contributed by atoms with Crippen molar-refractivity contribution >= 4 is 28.6 Å². The van der Waals surface area contributed by atoms with E-state index in [9.17, 15) is 4.79 Å². The van der Waals surface area contributed by atoms with E-state index in [0.29, 0.717) is 6.04 Å². The fourth-order valence-electron chi connectivity index (χ4n) is 4.26. The predicted molar refractivity (Wildman–Crippen MR) is 95.7 cm³/mol. The summed E-state index contributed by atoms with van der Waals surface area (Å²) in [4.78, 5) is 14.9. The summed E-state index contributed by atoms with van der Waals surface area (Å²) in [6, 6.07) is 9.45. The van der Waals surface area contributed by atoms with E-state index >= 15 is 0 Å². The first-order valence-corrected chi connectivity index (χ1v) is 8.93. The van der Waals surface area contributed by atoms with Crippen LogP contribution in [0.15, 0.2) is 36.9 Å². The predicted octanol–water partition coefficient (Wildman–Crippen LogP) is 3.59. The average molecular weight is 411 g/mol. The highest BCUT2D eigenvalue weighted by atomic mass is 127. The number of carbonyl (C=O) groups is 1. The first kappa shape index (κ1) is 16.0. The molecule has 2 fully saturated rings. The minimum Gasteiger partial charge on any atom is -0.469 e. The fraction of sp³-hybridized carbons (Fsp3) is 0.500. The number of methoxy groups -OCH3 is 1. The van der Waals surface area contributed by atoms with Gasteiger partial charge in [0.15, 0.2) is 0 Å². The number of fused-ring (bicyclic) bond motifs is 2. The van der Waals surface area contributed by atoms with Gasteiger partial charge in [-0.3, -0.25) is 9.69 Å². The minimum absolute atomic E-state index is 0.0660. The monoisotopic (exact) mass is 411 g/mol. The third kappa shape index (κ3) is 2.83. The maximum atomic E-state index is 12.5. The Bertz CT molecular complexity index is 557. The topological polar surface area (TPSA) is 29.5 Å². The van der Waals surface area contributed by atoms with Crippen molar-refractivity contribution in [1.29, 1.82) is 0 Å². The van der Waals surface area contributed by atoms with Crippen LogP contribution < -0.4 is 0 Å². The van der Waals surface area contributed by atoms with Gasteiger partial charge in [-0.25, -0.2) is 0 Å². The Hall–Kier alpha value is -0.880. The molecule has 2 saturated heterocycles. The second-order valence-electron chi connectivity index (χ2n) is 6.23. The van der Waals surface area contributed by atoms with Gasteiger partial charge in [-0.2, -0.15) is 0 Å². The molecule has 2 aliphatic heterocycles. The van der Waals surface area contributed by atoms with Crippen LogP contribution in [0.4, 0.5) is 0 Å². The van der Waals surface area contributed by atoms with Crippen molar-refractivity contribution in [2.45, 2.75) is 37.3 Å². The van der Waals surface area contributed by atoms with Crippen molar-refractivity contribution in [3.8, 4) is 0 Å². The molecule has 0 aliphatic carbocycles. The number of ether oxygens (including phenoxy) is 1. The van der Waals surface area contributed by atoms with E-state index in [1.165, 1.54) is 22.7 Å². The lowest BCUT2D eigenvalue weighted by molar-refractivity contribution is -0.150. The smallest absolute Gasteiger partial charge is 0.310 e. The number of nitrogens with zero attached hydrogens (tertiary/aromatic N) is 1. The molecular formula is C18H22INO2. The van der Waals surface area contributed by atoms with E-state index in [1.807, 2.05) is 6.08 Å². The van der Waals surface area contributed by atoms with E-state index in [-0.39, 0.29) is 23.8 Å². The molecule has 0 radical (unpaired) electrons. The number of hydrogen-bond donors (Lipinski definition) is 0. The van der Waals surface area contributed by atoms with Gasteiger partial charge in [-0.1, -0.05) is 18.2 Å². The number of carbonyl (C=O) groups excluding carboxylic acids is 1. The Labute approximate surface area is 145 Å². The molecule has 3 rings (SSSR count). The summed E-state index contributed by atoms with van der Waals surface area (Å²) in [5.41, 5.74) is 1.27. The molecular weight excluding hydrogens is 389 g/mol. The summed E-state index contributed by atoms with van der Waals surface area (Å²) < 4.78 is 6.37. The molecule has 118 valence electrons. The number of esters is 1. The number of hydrogen-bond acceptors (Lipinski definition) is 3. The average Bonchev–Trinajstić information content (AvgIpc) is 2.80. The third-order valence-corrected chi connectivity index (χ3v) is 5.90. The highest BCUT2D eigenvalue weighted by molar-refractivity contribution is 14.1. The maximum absolute atomic E-state index is 12.5. The van der Waals surface area contributed by atoms with Crippen LogP contribution >= 0.6 is 22.6 Å². The Kier molecular flexibility index (Phi) is 4.88. The Morgan fingerprint density at radius 2 is 2.14 bits per heavy atom. The zero-order chi connectivity index (χ0) is 15.7. The number of halogens is 1. The molecule has 4 heteroatoms. The van der Waals surface area contributed by atoms with Crippen LogP contribution in [-0.4, -0.2) is 36.6 Å². The van der Waals surface area contributed by atoms with Crippen LogP contribution in [0.5, 0.6) is 0 Å². The molecule has 0 amide bonds. The zero-order valence-electron chi connectivity index (χ0n) is 12.9. The van der Waals surface area contributed by atoms with Gasteiger partial charge < -0.3 is 4.74 Å². The Balaban J connectivity index is 1.94. The van der Waals surface area contributed by atoms with Crippen LogP contribution in [-0.2, 0) is 9.53 Å². The summed E-state index contributed by atoms with van der Waals surface area (Å²) in [6.45, 7) is 4.73. The third-order valence-electron chi connectivity index (χ3n) is 5.18. The van der Waals surface area contributed by atoms with Crippen LogP contribution in [0, 0.1) is 9.49 Å². The first-order valence-electron chi connectivity index (χ1n) is 7.85. The number of rotatable bonds is 4. The van der Waals surface area contributed by atoms with Gasteiger partial charge in [-0.05, 0) is 59.5 Å². The minimum atomic E-state index is -0.0667. The highest BCUT2D eigenvalue weighted by Crippen LogP contribution is 2.47. The molecule has 0 spiro atoms. The van der Waals surface area contributed by atoms with E-state index in [2.05, 4.69) is 58.3 Å². The highest BCUT2D eigenvalue weighted by Gasteiger charge is 2.50. The lowest BCUT2D eigenvalue weighted by Gasteiger charge is -2.43. The van der Waals surface area contributed by atoms with Crippen molar-refractivity contribution in [1.82, 2.24) is 4.90 Å². The summed E-state index contributed by atoms with van der Waals surface area (Å²) in [6.07, 6.45) is 5.24. The molecule has 0 aromatic heterocycles. The van der Waals surface area contributed by atoms with E-state index in [4.69, 9.17) is 4.74 Å². The normalized spacial score (nSPS) is 31.0. The Morgan fingerprint density at radius 1 is 1.41 bits per heavy atom. The second-order valence-corrected chi connectivity index (χ2v) is 7.47. The van der Waals surface area contributed by atoms with Crippen LogP contribution in [0.25, 0.3) is 0 Å². The van der Waals surface area contributed by atoms with E-state index < -0.39 is 0 Å². The van der Waals surface area contributed by atoms with Crippen molar-refractivity contribution in [3.63, 3.8) is 0 Å². The van der Waals surface area contributed by atoms with Gasteiger partial charge in [-0.15, -0.1) is 6.58 Å². The van der Waals surface area contributed by atoms with E-state index in [0.717, 1.165) is 19.4 Å². The Morgan fingerprint density at radius 3 is 2.77 bits per heavy atom. The van der Waals surface area contributed by atoms with Gasteiger partial charge in [0.05, 0.1) is 13.0 Å². The van der Waals surface area contributed by atoms with Gasteiger partial charge in [0, 0.05) is 28.1 Å². The molecule has 2 unspecified atom stereocenters. The summed E-state index contributed by atoms with van der Waals surface area (Å²) in [7, 11) is 1.51. The maximum Gasteiger partial charge on any atom is 0.310 e. The summed E-state index contributed by atoms with van der Waals surface area (Å²) in [5, 5.41) is 0. The fourth-order valence-corrected chi connectivity index (χ4v) is 4.62. The molecule has 2 aliphatic rings. The first-order chi connectivity index (χ1) is 10.7. The quantitative estimate of drug-likeness (QED) is 0.431. The molecule has 22 heavy (non-hydrogen) atoms. The lowest BCUT2D eigenvalue weighted by atomic mass is 9.76. The SMILES string of the molecule is C=CCN1C2CC[C@@H]1C[C@H](c1ccc(I)cc1)C2C(=O)OC. The van der Waals surface area contributed by atoms with Crippen LogP contribution in [0.1, 0.15) is 30.7 Å². The summed E-state index contributed by atoms with van der Waals surface area (Å²) in [5.74, 6) is 0.134. The van der Waals surface area contributed by atoms with Crippen molar-refractivity contribution in [2.24, 2.45) is 5.92 Å². The zero-order valence-corrected chi connectivity index (χ0v) is 15.0. The molecule has 3 nitrogen and oxygen atoms in total. The van der Waals surface area contributed by atoms with Crippen LogP contribution in [0.2, 0.25) is 0 Å². The van der Waals surface area contributed by atoms with Crippen molar-refractivity contribution in [2.75, 3.05) is 13.7 Å². The molecule has 2 bridgehead atoms. The number of piperidine rings is 1. The standard InChI is InChI=1S/C18H22INO2/c1-3-10-20-14-8-9-16(20)17(18(21)22-2)15(11-14)12-4-6-13(19)7-5-12/h3-7,14-17H,1,8-11H2,2H3/t14-,15-,16?,17?/m1/s1. The second kappa shape index (κ2) is 6.71. The molecule has 1 aromatic carbocycles. The molecule has 1 aromatic rings. The molecule has 2 heterocycles. The molecule has 0 saturated carbocycles. The van der Waals surface area contributed by atoms with Gasteiger partial charge in [0.25, 0.3) is 0 Å². The summed E-state index contributed by atoms with van der Waals surface area (Å²) >= 11 is 2.32. The molecule has 0 N–H and O–H groups in total. The van der Waals surface area contributed by atoms with Crippen molar-refractivity contribution < 1.29 is 9.53 Å². The van der Waals surface area contributed by atoms with Gasteiger partial charge in [0.1, 0.15) is 0 Å². The van der Waals surface area contributed by atoms with Crippen molar-refractivity contribution in [3.05, 3.63) is 46.1 Å². The lowest BCUT2D eigenvalue weighted by Crippen LogP contribution is -2.50. The largest absolute Gasteiger partial charge is 0.469 e. The molecule has 4 atom stereocenters. The van der Waals surface area contributed by atoms with Crippen LogP contribution in [0.3, 0.4) is 0 Å². The van der Waals surface area contributed by atoms with Gasteiger partial charge in [0.2, 0.25) is 0 Å². The van der Waals surface area contributed by atoms with E-state index in [1.54, 1.807) is 0 Å². The van der Waals surface area contributed by atoms with Gasteiger partial charge >= 0.3 is 5.97 Å². The number of benzene rings is 1.